The van der Waals surface area contributed by atoms with E-state index in [-0.39, 0.29) is 29.0 Å². The van der Waals surface area contributed by atoms with E-state index in [0.29, 0.717) is 24.6 Å². The fourth-order valence-corrected chi connectivity index (χ4v) is 4.12. The van der Waals surface area contributed by atoms with Gasteiger partial charge in [-0.2, -0.15) is 0 Å². The number of halogens is 1. The van der Waals surface area contributed by atoms with Gasteiger partial charge in [-0.25, -0.2) is 14.1 Å². The predicted molar refractivity (Wildman–Crippen MR) is 107 cm³/mol. The summed E-state index contributed by atoms with van der Waals surface area (Å²) in [6, 6.07) is 9.88. The molecule has 1 amide bonds. The van der Waals surface area contributed by atoms with Crippen LogP contribution in [0.3, 0.4) is 0 Å². The maximum Gasteiger partial charge on any atom is 0.293 e. The van der Waals surface area contributed by atoms with Crippen LogP contribution in [0.4, 0.5) is 4.39 Å². The van der Waals surface area contributed by atoms with E-state index >= 15 is 0 Å². The lowest BCUT2D eigenvalue weighted by atomic mass is 9.79. The third-order valence-electron chi connectivity index (χ3n) is 5.21. The molecule has 2 aromatic heterocycles. The molecule has 1 saturated heterocycles. The van der Waals surface area contributed by atoms with Crippen LogP contribution < -0.4 is 5.73 Å². The number of likely N-dealkylation sites (tertiary alicyclic amines) is 1. The number of rotatable bonds is 3. The number of piperidine rings is 1. The standard InChI is InChI=1S/C20H22FN5OS/c1-20(2)12-25(10-9-16(20)22)19(27)17-23-18(15-4-3-11-28-15)26(24-17)14-7-5-13(21)6-8-14/h3-8,11,16H,9-10,12,22H2,1-2H3. The molecule has 1 unspecified atom stereocenters. The van der Waals surface area contributed by atoms with E-state index in [1.54, 1.807) is 21.7 Å². The van der Waals surface area contributed by atoms with Gasteiger partial charge < -0.3 is 10.6 Å². The Morgan fingerprint density at radius 2 is 2.04 bits per heavy atom. The maximum absolute atomic E-state index is 13.3. The number of nitrogens with zero attached hydrogens (tertiary/aromatic N) is 4. The molecule has 1 fully saturated rings. The zero-order valence-corrected chi connectivity index (χ0v) is 16.6. The number of benzene rings is 1. The molecule has 0 bridgehead atoms. The fourth-order valence-electron chi connectivity index (χ4n) is 3.42. The molecule has 1 atom stereocenters. The molecule has 6 nitrogen and oxygen atoms in total. The molecule has 0 radical (unpaired) electrons. The molecule has 0 saturated carbocycles. The van der Waals surface area contributed by atoms with E-state index in [4.69, 9.17) is 5.73 Å². The second kappa shape index (κ2) is 7.10. The Hall–Kier alpha value is -2.58. The van der Waals surface area contributed by atoms with Crippen molar-refractivity contribution in [3.05, 3.63) is 53.4 Å². The number of hydrogen-bond acceptors (Lipinski definition) is 5. The van der Waals surface area contributed by atoms with Crippen molar-refractivity contribution in [2.45, 2.75) is 26.3 Å². The molecular weight excluding hydrogens is 377 g/mol. The van der Waals surface area contributed by atoms with Crippen LogP contribution in [0.15, 0.2) is 41.8 Å². The van der Waals surface area contributed by atoms with Crippen LogP contribution in [0.2, 0.25) is 0 Å². The normalized spacial score (nSPS) is 19.0. The van der Waals surface area contributed by atoms with Crippen molar-refractivity contribution >= 4 is 17.2 Å². The van der Waals surface area contributed by atoms with E-state index in [2.05, 4.69) is 23.9 Å². The van der Waals surface area contributed by atoms with Gasteiger partial charge in [-0.1, -0.05) is 19.9 Å². The zero-order valence-electron chi connectivity index (χ0n) is 15.8. The van der Waals surface area contributed by atoms with Crippen molar-refractivity contribution in [1.29, 1.82) is 0 Å². The molecule has 146 valence electrons. The average molecular weight is 399 g/mol. The molecule has 1 aliphatic heterocycles. The SMILES string of the molecule is CC1(C)CN(C(=O)c2nc(-c3cccs3)n(-c3ccc(F)cc3)n2)CCC1N. The van der Waals surface area contributed by atoms with Gasteiger partial charge in [0.15, 0.2) is 5.82 Å². The van der Waals surface area contributed by atoms with Gasteiger partial charge in [-0.15, -0.1) is 16.4 Å². The quantitative estimate of drug-likeness (QED) is 0.733. The Kier molecular flexibility index (Phi) is 4.76. The number of carbonyl (C=O) groups excluding carboxylic acids is 1. The van der Waals surface area contributed by atoms with Gasteiger partial charge >= 0.3 is 0 Å². The van der Waals surface area contributed by atoms with Gasteiger partial charge in [0, 0.05) is 19.1 Å². The number of thiophene rings is 1. The Labute approximate surface area is 166 Å². The summed E-state index contributed by atoms with van der Waals surface area (Å²) >= 11 is 1.51. The predicted octanol–water partition coefficient (Wildman–Crippen LogP) is 3.33. The van der Waals surface area contributed by atoms with E-state index in [9.17, 15) is 9.18 Å². The molecule has 0 aliphatic carbocycles. The molecule has 3 aromatic rings. The third-order valence-corrected chi connectivity index (χ3v) is 6.08. The largest absolute Gasteiger partial charge is 0.335 e. The highest BCUT2D eigenvalue weighted by molar-refractivity contribution is 7.13. The van der Waals surface area contributed by atoms with Crippen molar-refractivity contribution in [1.82, 2.24) is 19.7 Å². The van der Waals surface area contributed by atoms with E-state index in [1.807, 2.05) is 17.5 Å². The van der Waals surface area contributed by atoms with Crippen LogP contribution in [-0.4, -0.2) is 44.7 Å². The first-order valence-electron chi connectivity index (χ1n) is 9.17. The smallest absolute Gasteiger partial charge is 0.293 e. The minimum atomic E-state index is -0.329. The van der Waals surface area contributed by atoms with Crippen molar-refractivity contribution < 1.29 is 9.18 Å². The molecule has 3 heterocycles. The van der Waals surface area contributed by atoms with Gasteiger partial charge in [0.05, 0.1) is 10.6 Å². The van der Waals surface area contributed by atoms with E-state index in [0.717, 1.165) is 11.3 Å². The minimum absolute atomic E-state index is 0.0583. The highest BCUT2D eigenvalue weighted by Crippen LogP contribution is 2.30. The van der Waals surface area contributed by atoms with Crippen molar-refractivity contribution in [3.8, 4) is 16.4 Å². The zero-order chi connectivity index (χ0) is 19.9. The van der Waals surface area contributed by atoms with Crippen LogP contribution in [-0.2, 0) is 0 Å². The molecule has 1 aliphatic rings. The third kappa shape index (κ3) is 3.45. The number of amides is 1. The monoisotopic (exact) mass is 399 g/mol. The number of nitrogens with two attached hydrogens (primary N) is 1. The second-order valence-electron chi connectivity index (χ2n) is 7.73. The fraction of sp³-hybridized carbons (Fsp3) is 0.350. The number of aromatic nitrogens is 3. The first kappa shape index (κ1) is 18.8. The van der Waals surface area contributed by atoms with Gasteiger partial charge in [0.25, 0.3) is 5.91 Å². The molecule has 1 aromatic carbocycles. The molecular formula is C20H22FN5OS. The lowest BCUT2D eigenvalue weighted by Crippen LogP contribution is -2.54. The van der Waals surface area contributed by atoms with Gasteiger partial charge in [-0.05, 0) is 47.5 Å². The van der Waals surface area contributed by atoms with Gasteiger partial charge in [-0.3, -0.25) is 4.79 Å². The summed E-state index contributed by atoms with van der Waals surface area (Å²) in [5.74, 6) is 0.167. The minimum Gasteiger partial charge on any atom is -0.335 e. The second-order valence-corrected chi connectivity index (χ2v) is 8.68. The summed E-state index contributed by atoms with van der Waals surface area (Å²) < 4.78 is 14.9. The van der Waals surface area contributed by atoms with E-state index < -0.39 is 0 Å². The highest BCUT2D eigenvalue weighted by Gasteiger charge is 2.37. The summed E-state index contributed by atoms with van der Waals surface area (Å²) in [6.45, 7) is 5.28. The topological polar surface area (TPSA) is 77.0 Å². The summed E-state index contributed by atoms with van der Waals surface area (Å²) in [4.78, 5) is 20.3. The molecule has 28 heavy (non-hydrogen) atoms. The van der Waals surface area contributed by atoms with E-state index in [1.165, 1.54) is 23.5 Å². The summed E-state index contributed by atoms with van der Waals surface area (Å²) in [5.41, 5.74) is 6.68. The molecule has 2 N–H and O–H groups in total. The maximum atomic E-state index is 13.3. The highest BCUT2D eigenvalue weighted by atomic mass is 32.1. The Bertz CT molecular complexity index is 981. The van der Waals surface area contributed by atoms with Crippen LogP contribution in [0.5, 0.6) is 0 Å². The van der Waals surface area contributed by atoms with Crippen molar-refractivity contribution in [2.75, 3.05) is 13.1 Å². The average Bonchev–Trinajstić information content (AvgIpc) is 3.33. The lowest BCUT2D eigenvalue weighted by molar-refractivity contribution is 0.0521. The summed E-state index contributed by atoms with van der Waals surface area (Å²) in [5, 5.41) is 6.41. The van der Waals surface area contributed by atoms with Crippen LogP contribution >= 0.6 is 11.3 Å². The lowest BCUT2D eigenvalue weighted by Gasteiger charge is -2.42. The first-order chi connectivity index (χ1) is 13.3. The Morgan fingerprint density at radius 3 is 2.68 bits per heavy atom. The van der Waals surface area contributed by atoms with Gasteiger partial charge in [0.1, 0.15) is 5.82 Å². The first-order valence-corrected chi connectivity index (χ1v) is 10.0. The van der Waals surface area contributed by atoms with Crippen LogP contribution in [0.25, 0.3) is 16.4 Å². The molecule has 0 spiro atoms. The van der Waals surface area contributed by atoms with Crippen LogP contribution in [0.1, 0.15) is 30.9 Å². The Morgan fingerprint density at radius 1 is 1.29 bits per heavy atom. The number of carbonyl (C=O) groups is 1. The van der Waals surface area contributed by atoms with Crippen molar-refractivity contribution in [2.24, 2.45) is 11.1 Å². The summed E-state index contributed by atoms with van der Waals surface area (Å²) in [7, 11) is 0. The van der Waals surface area contributed by atoms with Gasteiger partial charge in [0.2, 0.25) is 5.82 Å². The molecule has 8 heteroatoms. The Balaban J connectivity index is 1.71. The van der Waals surface area contributed by atoms with Crippen LogP contribution in [0, 0.1) is 11.2 Å². The van der Waals surface area contributed by atoms with Crippen molar-refractivity contribution in [3.63, 3.8) is 0 Å². The molecule has 4 rings (SSSR count). The number of hydrogen-bond donors (Lipinski definition) is 1. The summed E-state index contributed by atoms with van der Waals surface area (Å²) in [6.07, 6.45) is 0.745.